The summed E-state index contributed by atoms with van der Waals surface area (Å²) in [6.45, 7) is 3.39. The maximum absolute atomic E-state index is 5.78. The minimum atomic E-state index is 0.799. The first kappa shape index (κ1) is 11.5. The number of pyridine rings is 1. The lowest BCUT2D eigenvalue weighted by Gasteiger charge is -2.25. The van der Waals surface area contributed by atoms with Crippen molar-refractivity contribution in [3.8, 4) is 0 Å². The van der Waals surface area contributed by atoms with Crippen LogP contribution in [0.1, 0.15) is 25.0 Å². The van der Waals surface area contributed by atoms with Crippen LogP contribution < -0.4 is 5.73 Å². The van der Waals surface area contributed by atoms with Gasteiger partial charge in [0.05, 0.1) is 11.2 Å². The molecule has 0 aliphatic carbocycles. The zero-order chi connectivity index (χ0) is 12.4. The molecule has 3 nitrogen and oxygen atoms in total. The summed E-state index contributed by atoms with van der Waals surface area (Å²) in [5.74, 6) is 0. The van der Waals surface area contributed by atoms with E-state index in [4.69, 9.17) is 10.7 Å². The van der Waals surface area contributed by atoms with Gasteiger partial charge in [-0.25, -0.2) is 0 Å². The molecule has 0 spiro atoms. The highest BCUT2D eigenvalue weighted by Crippen LogP contribution is 2.18. The van der Waals surface area contributed by atoms with Gasteiger partial charge in [-0.3, -0.25) is 9.88 Å². The van der Waals surface area contributed by atoms with E-state index < -0.39 is 0 Å². The normalized spacial score (nSPS) is 17.1. The molecule has 0 unspecified atom stereocenters. The number of hydrogen-bond acceptors (Lipinski definition) is 3. The number of nitrogens with two attached hydrogens (primary N) is 1. The largest absolute Gasteiger partial charge is 0.399 e. The van der Waals surface area contributed by atoms with Crippen LogP contribution in [0.5, 0.6) is 0 Å². The van der Waals surface area contributed by atoms with E-state index in [1.54, 1.807) is 0 Å². The summed E-state index contributed by atoms with van der Waals surface area (Å²) in [5.41, 5.74) is 8.78. The third kappa shape index (κ3) is 2.46. The number of nitrogens with zero attached hydrogens (tertiary/aromatic N) is 2. The van der Waals surface area contributed by atoms with Gasteiger partial charge in [-0.1, -0.05) is 12.5 Å². The summed E-state index contributed by atoms with van der Waals surface area (Å²) in [5, 5.41) is 1.12. The molecule has 2 N–H and O–H groups in total. The van der Waals surface area contributed by atoms with Gasteiger partial charge in [0.1, 0.15) is 0 Å². The minimum Gasteiger partial charge on any atom is -0.399 e. The van der Waals surface area contributed by atoms with E-state index in [0.717, 1.165) is 28.8 Å². The highest BCUT2D eigenvalue weighted by molar-refractivity contribution is 5.81. The summed E-state index contributed by atoms with van der Waals surface area (Å²) in [7, 11) is 0. The number of rotatable bonds is 2. The summed E-state index contributed by atoms with van der Waals surface area (Å²) in [6.07, 6.45) is 4.02. The van der Waals surface area contributed by atoms with Gasteiger partial charge in [-0.2, -0.15) is 0 Å². The van der Waals surface area contributed by atoms with Gasteiger partial charge in [0.25, 0.3) is 0 Å². The summed E-state index contributed by atoms with van der Waals surface area (Å²) in [6, 6.07) is 10.1. The molecule has 1 aliphatic rings. The molecule has 3 heteroatoms. The Bertz CT molecular complexity index is 544. The number of hydrogen-bond donors (Lipinski definition) is 1. The molecule has 1 fully saturated rings. The smallest absolute Gasteiger partial charge is 0.0707 e. The first-order valence-electron chi connectivity index (χ1n) is 6.69. The lowest BCUT2D eigenvalue weighted by molar-refractivity contribution is 0.219. The van der Waals surface area contributed by atoms with E-state index in [0.29, 0.717) is 0 Å². The Morgan fingerprint density at radius 3 is 2.72 bits per heavy atom. The zero-order valence-corrected chi connectivity index (χ0v) is 10.6. The second-order valence-electron chi connectivity index (χ2n) is 5.09. The first-order valence-corrected chi connectivity index (χ1v) is 6.69. The number of aromatic nitrogens is 1. The van der Waals surface area contributed by atoms with E-state index in [1.165, 1.54) is 32.4 Å². The molecule has 2 aromatic rings. The monoisotopic (exact) mass is 241 g/mol. The lowest BCUT2D eigenvalue weighted by Crippen LogP contribution is -2.29. The molecule has 0 radical (unpaired) electrons. The molecule has 94 valence electrons. The van der Waals surface area contributed by atoms with Crippen LogP contribution in [0.3, 0.4) is 0 Å². The Morgan fingerprint density at radius 2 is 1.89 bits per heavy atom. The molecule has 0 saturated carbocycles. The van der Waals surface area contributed by atoms with Crippen LogP contribution in [-0.4, -0.2) is 23.0 Å². The van der Waals surface area contributed by atoms with Crippen LogP contribution in [0.2, 0.25) is 0 Å². The Labute approximate surface area is 108 Å². The summed E-state index contributed by atoms with van der Waals surface area (Å²) >= 11 is 0. The van der Waals surface area contributed by atoms with Crippen molar-refractivity contribution < 1.29 is 0 Å². The Kier molecular flexibility index (Phi) is 3.15. The van der Waals surface area contributed by atoms with Crippen LogP contribution in [0.4, 0.5) is 5.69 Å². The standard InChI is InChI=1S/C15H19N3/c16-13-5-7-15-12(10-13)4-6-14(17-15)11-18-8-2-1-3-9-18/h4-7,10H,1-3,8-9,11,16H2. The Morgan fingerprint density at radius 1 is 1.06 bits per heavy atom. The topological polar surface area (TPSA) is 42.1 Å². The van der Waals surface area contributed by atoms with Crippen LogP contribution in [-0.2, 0) is 6.54 Å². The molecule has 0 bridgehead atoms. The van der Waals surface area contributed by atoms with Crippen molar-refractivity contribution in [1.29, 1.82) is 0 Å². The predicted octanol–water partition coefficient (Wildman–Crippen LogP) is 2.80. The highest BCUT2D eigenvalue weighted by atomic mass is 15.1. The van der Waals surface area contributed by atoms with Crippen molar-refractivity contribution in [2.45, 2.75) is 25.8 Å². The zero-order valence-electron chi connectivity index (χ0n) is 10.6. The van der Waals surface area contributed by atoms with E-state index >= 15 is 0 Å². The SMILES string of the molecule is Nc1ccc2nc(CN3CCCCC3)ccc2c1. The Balaban J connectivity index is 1.82. The second kappa shape index (κ2) is 4.94. The van der Waals surface area contributed by atoms with Crippen molar-refractivity contribution in [1.82, 2.24) is 9.88 Å². The number of piperidine rings is 1. The average molecular weight is 241 g/mol. The van der Waals surface area contributed by atoms with Crippen molar-refractivity contribution in [2.24, 2.45) is 0 Å². The molecule has 0 atom stereocenters. The van der Waals surface area contributed by atoms with Gasteiger partial charge >= 0.3 is 0 Å². The molecule has 1 aromatic carbocycles. The van der Waals surface area contributed by atoms with Crippen LogP contribution in [0.25, 0.3) is 10.9 Å². The second-order valence-corrected chi connectivity index (χ2v) is 5.09. The quantitative estimate of drug-likeness (QED) is 0.822. The number of anilines is 1. The van der Waals surface area contributed by atoms with E-state index in [9.17, 15) is 0 Å². The van der Waals surface area contributed by atoms with Gasteiger partial charge in [0.2, 0.25) is 0 Å². The van der Waals surface area contributed by atoms with E-state index in [1.807, 2.05) is 18.2 Å². The maximum atomic E-state index is 5.78. The fourth-order valence-electron chi connectivity index (χ4n) is 2.62. The lowest BCUT2D eigenvalue weighted by atomic mass is 10.1. The molecule has 2 heterocycles. The molecule has 3 rings (SSSR count). The van der Waals surface area contributed by atoms with Gasteiger partial charge < -0.3 is 5.73 Å². The third-order valence-electron chi connectivity index (χ3n) is 3.61. The van der Waals surface area contributed by atoms with Gasteiger partial charge in [0, 0.05) is 17.6 Å². The first-order chi connectivity index (χ1) is 8.81. The molecule has 1 aromatic heterocycles. The van der Waals surface area contributed by atoms with Crippen LogP contribution >= 0.6 is 0 Å². The van der Waals surface area contributed by atoms with Gasteiger partial charge in [0.15, 0.2) is 0 Å². The molecule has 1 aliphatic heterocycles. The van der Waals surface area contributed by atoms with Crippen LogP contribution in [0, 0.1) is 0 Å². The number of nitrogen functional groups attached to an aromatic ring is 1. The number of fused-ring (bicyclic) bond motifs is 1. The number of benzene rings is 1. The fraction of sp³-hybridized carbons (Fsp3) is 0.400. The number of likely N-dealkylation sites (tertiary alicyclic amines) is 1. The van der Waals surface area contributed by atoms with Crippen LogP contribution in [0.15, 0.2) is 30.3 Å². The van der Waals surface area contributed by atoms with Crippen molar-refractivity contribution in [3.63, 3.8) is 0 Å². The highest BCUT2D eigenvalue weighted by Gasteiger charge is 2.11. The third-order valence-corrected chi connectivity index (χ3v) is 3.61. The average Bonchev–Trinajstić information content (AvgIpc) is 2.40. The molecule has 1 saturated heterocycles. The summed E-state index contributed by atoms with van der Waals surface area (Å²) in [4.78, 5) is 7.21. The maximum Gasteiger partial charge on any atom is 0.0707 e. The van der Waals surface area contributed by atoms with Crippen molar-refractivity contribution in [2.75, 3.05) is 18.8 Å². The van der Waals surface area contributed by atoms with Gasteiger partial charge in [-0.15, -0.1) is 0 Å². The molecular formula is C15H19N3. The minimum absolute atomic E-state index is 0.799. The predicted molar refractivity (Wildman–Crippen MR) is 75.3 cm³/mol. The molecule has 18 heavy (non-hydrogen) atoms. The van der Waals surface area contributed by atoms with Crippen molar-refractivity contribution in [3.05, 3.63) is 36.0 Å². The summed E-state index contributed by atoms with van der Waals surface area (Å²) < 4.78 is 0. The Hall–Kier alpha value is -1.61. The fourth-order valence-corrected chi connectivity index (χ4v) is 2.62. The molecule has 0 amide bonds. The van der Waals surface area contributed by atoms with Gasteiger partial charge in [-0.05, 0) is 50.2 Å². The van der Waals surface area contributed by atoms with Crippen molar-refractivity contribution >= 4 is 16.6 Å². The molecular weight excluding hydrogens is 222 g/mol. The van der Waals surface area contributed by atoms with E-state index in [2.05, 4.69) is 17.0 Å². The van der Waals surface area contributed by atoms with E-state index in [-0.39, 0.29) is 0 Å².